The molecule has 9 heteroatoms. The molecule has 2 aliphatic rings. The van der Waals surface area contributed by atoms with Crippen LogP contribution in [0.5, 0.6) is 0 Å². The largest absolute Gasteiger partial charge is 0.370 e. The van der Waals surface area contributed by atoms with Crippen LogP contribution in [-0.4, -0.2) is 39.2 Å². The first-order chi connectivity index (χ1) is 14.0. The lowest BCUT2D eigenvalue weighted by Gasteiger charge is -2.28. The van der Waals surface area contributed by atoms with Gasteiger partial charge >= 0.3 is 0 Å². The summed E-state index contributed by atoms with van der Waals surface area (Å²) in [5.74, 6) is 1.13. The smallest absolute Gasteiger partial charge is 0.228 e. The van der Waals surface area contributed by atoms with Gasteiger partial charge in [0.1, 0.15) is 11.6 Å². The fourth-order valence-corrected chi connectivity index (χ4v) is 4.37. The molecule has 2 aromatic rings. The van der Waals surface area contributed by atoms with Gasteiger partial charge in [0.25, 0.3) is 0 Å². The number of carbonyl (C=O) groups excluding carboxylic acids is 2. The molecule has 0 aromatic carbocycles. The highest BCUT2D eigenvalue weighted by atomic mass is 35.5. The molecule has 2 amide bonds. The van der Waals surface area contributed by atoms with Crippen LogP contribution in [-0.2, 0) is 16.1 Å². The third kappa shape index (κ3) is 4.37. The molecular weight excluding hydrogens is 392 g/mol. The van der Waals surface area contributed by atoms with E-state index in [0.29, 0.717) is 17.3 Å². The zero-order valence-corrected chi connectivity index (χ0v) is 17.1. The summed E-state index contributed by atoms with van der Waals surface area (Å²) in [5, 5.41) is 14.2. The van der Waals surface area contributed by atoms with Gasteiger partial charge in [-0.1, -0.05) is 18.0 Å². The monoisotopic (exact) mass is 416 g/mol. The van der Waals surface area contributed by atoms with Crippen molar-refractivity contribution < 1.29 is 9.59 Å². The highest BCUT2D eigenvalue weighted by Gasteiger charge is 2.28. The Balaban J connectivity index is 1.50. The van der Waals surface area contributed by atoms with Crippen LogP contribution < -0.4 is 16.0 Å². The molecule has 0 bridgehead atoms. The molecule has 3 heterocycles. The average molecular weight is 417 g/mol. The Morgan fingerprint density at radius 1 is 1.24 bits per heavy atom. The summed E-state index contributed by atoms with van der Waals surface area (Å²) in [6, 6.07) is 1.85. The first-order valence-electron chi connectivity index (χ1n) is 10.0. The molecule has 4 rings (SSSR count). The van der Waals surface area contributed by atoms with Gasteiger partial charge in [-0.3, -0.25) is 9.59 Å². The minimum absolute atomic E-state index is 0.0516. The van der Waals surface area contributed by atoms with Gasteiger partial charge in [0.15, 0.2) is 0 Å². The quantitative estimate of drug-likeness (QED) is 0.711. The van der Waals surface area contributed by atoms with Gasteiger partial charge in [-0.2, -0.15) is 5.10 Å². The van der Waals surface area contributed by atoms with Crippen LogP contribution in [0, 0.1) is 5.92 Å². The Bertz CT molecular complexity index is 928. The Morgan fingerprint density at radius 3 is 2.93 bits per heavy atom. The molecule has 1 saturated carbocycles. The van der Waals surface area contributed by atoms with E-state index in [1.807, 2.05) is 4.68 Å². The molecule has 29 heavy (non-hydrogen) atoms. The minimum Gasteiger partial charge on any atom is -0.370 e. The van der Waals surface area contributed by atoms with Crippen molar-refractivity contribution in [1.29, 1.82) is 0 Å². The Morgan fingerprint density at radius 2 is 2.10 bits per heavy atom. The summed E-state index contributed by atoms with van der Waals surface area (Å²) >= 11 is 6.40. The second-order valence-electron chi connectivity index (χ2n) is 7.71. The van der Waals surface area contributed by atoms with Crippen molar-refractivity contribution >= 4 is 35.1 Å². The number of pyridine rings is 1. The van der Waals surface area contributed by atoms with Crippen molar-refractivity contribution in [3.05, 3.63) is 23.5 Å². The molecule has 3 N–H and O–H groups in total. The number of aromatic nitrogens is 3. The predicted molar refractivity (Wildman–Crippen MR) is 112 cm³/mol. The van der Waals surface area contributed by atoms with E-state index in [-0.39, 0.29) is 23.8 Å². The number of carbonyl (C=O) groups is 2. The molecule has 8 nitrogen and oxygen atoms in total. The lowest BCUT2D eigenvalue weighted by atomic mass is 9.85. The number of fused-ring (bicyclic) bond motifs is 1. The Labute approximate surface area is 174 Å². The van der Waals surface area contributed by atoms with E-state index in [9.17, 15) is 9.59 Å². The van der Waals surface area contributed by atoms with Crippen molar-refractivity contribution in [2.45, 2.75) is 51.6 Å². The molecule has 0 radical (unpaired) electrons. The number of aryl methyl sites for hydroxylation is 1. The number of nitrogens with one attached hydrogen (secondary N) is 3. The molecule has 2 unspecified atom stereocenters. The number of rotatable bonds is 4. The summed E-state index contributed by atoms with van der Waals surface area (Å²) in [4.78, 5) is 28.4. The number of hydrogen-bond acceptors (Lipinski definition) is 5. The fourth-order valence-electron chi connectivity index (χ4n) is 4.16. The van der Waals surface area contributed by atoms with E-state index in [1.54, 1.807) is 18.5 Å². The molecule has 0 saturated heterocycles. The summed E-state index contributed by atoms with van der Waals surface area (Å²) in [7, 11) is 0. The maximum Gasteiger partial charge on any atom is 0.228 e. The second-order valence-corrected chi connectivity index (χ2v) is 8.12. The van der Waals surface area contributed by atoms with E-state index in [1.165, 1.54) is 6.92 Å². The Hall–Kier alpha value is -2.61. The molecule has 1 aliphatic heterocycles. The van der Waals surface area contributed by atoms with Gasteiger partial charge < -0.3 is 16.0 Å². The number of hydrogen-bond donors (Lipinski definition) is 3. The highest BCUT2D eigenvalue weighted by Crippen LogP contribution is 2.35. The van der Waals surface area contributed by atoms with Crippen LogP contribution >= 0.6 is 11.6 Å². The van der Waals surface area contributed by atoms with Gasteiger partial charge in [0.2, 0.25) is 11.8 Å². The van der Waals surface area contributed by atoms with E-state index in [2.05, 4.69) is 26.0 Å². The van der Waals surface area contributed by atoms with Gasteiger partial charge in [-0.05, 0) is 31.7 Å². The van der Waals surface area contributed by atoms with Crippen LogP contribution in [0.3, 0.4) is 0 Å². The molecule has 1 aliphatic carbocycles. The van der Waals surface area contributed by atoms with Crippen molar-refractivity contribution in [2.75, 3.05) is 17.2 Å². The third-order valence-electron chi connectivity index (χ3n) is 5.53. The zero-order valence-electron chi connectivity index (χ0n) is 16.4. The molecule has 2 aromatic heterocycles. The molecule has 2 atom stereocenters. The van der Waals surface area contributed by atoms with Gasteiger partial charge in [0.05, 0.1) is 11.2 Å². The summed E-state index contributed by atoms with van der Waals surface area (Å²) in [6.45, 7) is 3.26. The number of halogens is 1. The van der Waals surface area contributed by atoms with E-state index in [0.717, 1.165) is 55.7 Å². The maximum absolute atomic E-state index is 12.8. The van der Waals surface area contributed by atoms with Gasteiger partial charge in [-0.25, -0.2) is 9.67 Å². The molecule has 154 valence electrons. The normalized spacial score (nSPS) is 21.0. The third-order valence-corrected chi connectivity index (χ3v) is 5.83. The zero-order chi connectivity index (χ0) is 20.4. The predicted octanol–water partition coefficient (Wildman–Crippen LogP) is 3.05. The second kappa shape index (κ2) is 8.41. The van der Waals surface area contributed by atoms with Crippen LogP contribution in [0.2, 0.25) is 5.02 Å². The minimum atomic E-state index is -0.146. The standard InChI is InChI=1S/C20H25ClN6O2/c1-12(28)25-14-5-2-4-13(8-14)20(29)26-18-9-15(17(21)11-23-18)16-10-24-27-7-3-6-22-19(16)27/h9-11,13-14,22H,2-8H2,1H3,(H,25,28)(H,23,26,29). The van der Waals surface area contributed by atoms with E-state index < -0.39 is 0 Å². The highest BCUT2D eigenvalue weighted by molar-refractivity contribution is 6.33. The summed E-state index contributed by atoms with van der Waals surface area (Å²) in [5.41, 5.74) is 1.68. The number of amides is 2. The number of anilines is 2. The maximum atomic E-state index is 12.8. The van der Waals surface area contributed by atoms with Crippen LogP contribution in [0.4, 0.5) is 11.6 Å². The summed E-state index contributed by atoms with van der Waals surface area (Å²) in [6.07, 6.45) is 7.65. The SMILES string of the molecule is CC(=O)NC1CCCC(C(=O)Nc2cc(-c3cnn4c3NCCC4)c(Cl)cn2)C1. The summed E-state index contributed by atoms with van der Waals surface area (Å²) < 4.78 is 1.93. The van der Waals surface area contributed by atoms with Crippen molar-refractivity contribution in [2.24, 2.45) is 5.92 Å². The first kappa shape index (κ1) is 19.7. The van der Waals surface area contributed by atoms with Crippen molar-refractivity contribution in [3.8, 4) is 11.1 Å². The fraction of sp³-hybridized carbons (Fsp3) is 0.500. The van der Waals surface area contributed by atoms with Crippen molar-refractivity contribution in [1.82, 2.24) is 20.1 Å². The average Bonchev–Trinajstić information content (AvgIpc) is 3.13. The van der Waals surface area contributed by atoms with E-state index in [4.69, 9.17) is 11.6 Å². The first-order valence-corrected chi connectivity index (χ1v) is 10.4. The van der Waals surface area contributed by atoms with Crippen LogP contribution in [0.25, 0.3) is 11.1 Å². The van der Waals surface area contributed by atoms with E-state index >= 15 is 0 Å². The molecule has 1 fully saturated rings. The molecule has 0 spiro atoms. The Kier molecular flexibility index (Phi) is 5.71. The van der Waals surface area contributed by atoms with Crippen molar-refractivity contribution in [3.63, 3.8) is 0 Å². The topological polar surface area (TPSA) is 101 Å². The lowest BCUT2D eigenvalue weighted by molar-refractivity contribution is -0.123. The number of nitrogens with zero attached hydrogens (tertiary/aromatic N) is 3. The van der Waals surface area contributed by atoms with Gasteiger partial charge in [-0.15, -0.1) is 0 Å². The lowest BCUT2D eigenvalue weighted by Crippen LogP contribution is -2.40. The van der Waals surface area contributed by atoms with Crippen LogP contribution in [0.1, 0.15) is 39.0 Å². The van der Waals surface area contributed by atoms with Gasteiger partial charge in [0, 0.05) is 49.3 Å². The molecular formula is C20H25ClN6O2. The van der Waals surface area contributed by atoms with Crippen LogP contribution in [0.15, 0.2) is 18.5 Å².